The van der Waals surface area contributed by atoms with Gasteiger partial charge in [0.1, 0.15) is 11.9 Å². The van der Waals surface area contributed by atoms with Gasteiger partial charge in [0.2, 0.25) is 0 Å². The second kappa shape index (κ2) is 5.69. The number of ether oxygens (including phenoxy) is 1. The summed E-state index contributed by atoms with van der Waals surface area (Å²) in [7, 11) is 0. The number of rotatable bonds is 4. The predicted molar refractivity (Wildman–Crippen MR) is 69.3 cm³/mol. The highest BCUT2D eigenvalue weighted by molar-refractivity contribution is 5.27. The Labute approximate surface area is 107 Å². The van der Waals surface area contributed by atoms with Crippen LogP contribution in [-0.2, 0) is 6.61 Å². The van der Waals surface area contributed by atoms with E-state index in [1.54, 1.807) is 0 Å². The van der Waals surface area contributed by atoms with Crippen LogP contribution in [0, 0.1) is 0 Å². The molecule has 4 nitrogen and oxygen atoms in total. The average Bonchev–Trinajstić information content (AvgIpc) is 2.40. The van der Waals surface area contributed by atoms with Crippen LogP contribution in [0.5, 0.6) is 5.75 Å². The molecule has 0 radical (unpaired) electrons. The topological polar surface area (TPSA) is 75.7 Å². The molecule has 0 spiro atoms. The normalized spacial score (nSPS) is 28.1. The molecule has 0 amide bonds. The van der Waals surface area contributed by atoms with Gasteiger partial charge in [-0.25, -0.2) is 0 Å². The molecule has 1 aliphatic carbocycles. The van der Waals surface area contributed by atoms with Crippen molar-refractivity contribution in [2.45, 2.75) is 43.9 Å². The van der Waals surface area contributed by atoms with Gasteiger partial charge in [-0.1, -0.05) is 12.1 Å². The van der Waals surface area contributed by atoms with Gasteiger partial charge in [-0.05, 0) is 37.0 Å². The number of aliphatic hydroxyl groups excluding tert-OH is 2. The molecule has 0 aromatic heterocycles. The van der Waals surface area contributed by atoms with Crippen molar-refractivity contribution in [2.75, 3.05) is 6.61 Å². The van der Waals surface area contributed by atoms with Gasteiger partial charge in [0.05, 0.1) is 13.2 Å². The molecule has 1 aromatic carbocycles. The Morgan fingerprint density at radius 1 is 1.28 bits per heavy atom. The summed E-state index contributed by atoms with van der Waals surface area (Å²) >= 11 is 0. The zero-order chi connectivity index (χ0) is 13.0. The fraction of sp³-hybridized carbons (Fsp3) is 0.571. The third-order valence-electron chi connectivity index (χ3n) is 3.56. The summed E-state index contributed by atoms with van der Waals surface area (Å²) in [4.78, 5) is 0. The molecule has 2 unspecified atom stereocenters. The molecule has 0 aliphatic heterocycles. The van der Waals surface area contributed by atoms with Crippen molar-refractivity contribution in [3.63, 3.8) is 0 Å². The Morgan fingerprint density at radius 2 is 2.00 bits per heavy atom. The minimum absolute atomic E-state index is 0.0102. The van der Waals surface area contributed by atoms with Crippen molar-refractivity contribution in [1.29, 1.82) is 0 Å². The summed E-state index contributed by atoms with van der Waals surface area (Å²) in [5.41, 5.74) is 6.46. The second-order valence-corrected chi connectivity index (χ2v) is 5.16. The van der Waals surface area contributed by atoms with E-state index < -0.39 is 5.54 Å². The largest absolute Gasteiger partial charge is 0.490 e. The van der Waals surface area contributed by atoms with Crippen LogP contribution >= 0.6 is 0 Å². The lowest BCUT2D eigenvalue weighted by Gasteiger charge is -2.36. The smallest absolute Gasteiger partial charge is 0.119 e. The predicted octanol–water partition coefficient (Wildman–Crippen LogP) is 1.19. The fourth-order valence-electron chi connectivity index (χ4n) is 2.45. The van der Waals surface area contributed by atoms with E-state index in [1.807, 2.05) is 24.3 Å². The molecule has 0 bridgehead atoms. The van der Waals surface area contributed by atoms with Gasteiger partial charge in [-0.3, -0.25) is 0 Å². The summed E-state index contributed by atoms with van der Waals surface area (Å²) in [5, 5.41) is 18.3. The van der Waals surface area contributed by atoms with Gasteiger partial charge in [-0.2, -0.15) is 0 Å². The Balaban J connectivity index is 1.96. The third kappa shape index (κ3) is 3.22. The highest BCUT2D eigenvalue weighted by Gasteiger charge is 2.33. The van der Waals surface area contributed by atoms with E-state index in [0.29, 0.717) is 6.42 Å². The van der Waals surface area contributed by atoms with Crippen LogP contribution < -0.4 is 10.5 Å². The minimum atomic E-state index is -0.492. The number of aliphatic hydroxyl groups is 2. The summed E-state index contributed by atoms with van der Waals surface area (Å²) in [6.45, 7) is 0.0520. The zero-order valence-electron chi connectivity index (χ0n) is 10.5. The quantitative estimate of drug-likeness (QED) is 0.751. The van der Waals surface area contributed by atoms with Gasteiger partial charge >= 0.3 is 0 Å². The van der Waals surface area contributed by atoms with Crippen LogP contribution in [0.15, 0.2) is 24.3 Å². The van der Waals surface area contributed by atoms with E-state index in [2.05, 4.69) is 0 Å². The number of hydrogen-bond acceptors (Lipinski definition) is 4. The van der Waals surface area contributed by atoms with Crippen molar-refractivity contribution in [1.82, 2.24) is 0 Å². The van der Waals surface area contributed by atoms with Gasteiger partial charge in [-0.15, -0.1) is 0 Å². The third-order valence-corrected chi connectivity index (χ3v) is 3.56. The number of nitrogens with two attached hydrogens (primary N) is 1. The average molecular weight is 251 g/mol. The molecule has 2 rings (SSSR count). The van der Waals surface area contributed by atoms with Crippen molar-refractivity contribution in [2.24, 2.45) is 5.73 Å². The fourth-order valence-corrected chi connectivity index (χ4v) is 2.45. The second-order valence-electron chi connectivity index (χ2n) is 5.16. The zero-order valence-corrected chi connectivity index (χ0v) is 10.5. The van der Waals surface area contributed by atoms with Gasteiger partial charge in [0.15, 0.2) is 0 Å². The number of hydrogen-bond donors (Lipinski definition) is 3. The van der Waals surface area contributed by atoms with E-state index in [4.69, 9.17) is 15.6 Å². The van der Waals surface area contributed by atoms with Gasteiger partial charge in [0, 0.05) is 12.0 Å². The SMILES string of the molecule is NC1(CO)CCCC(Oc2ccc(CO)cc2)C1. The maximum atomic E-state index is 9.29. The standard InChI is InChI=1S/C14H21NO3/c15-14(10-17)7-1-2-13(8-14)18-12-5-3-11(9-16)4-6-12/h3-6,13,16-17H,1-2,7-10,15H2. The molecule has 18 heavy (non-hydrogen) atoms. The molecule has 4 N–H and O–H groups in total. The molecule has 0 saturated heterocycles. The first kappa shape index (κ1) is 13.3. The first-order valence-corrected chi connectivity index (χ1v) is 6.41. The maximum Gasteiger partial charge on any atom is 0.119 e. The molecule has 1 saturated carbocycles. The summed E-state index contributed by atoms with van der Waals surface area (Å²) in [5.74, 6) is 0.791. The number of benzene rings is 1. The van der Waals surface area contributed by atoms with E-state index in [-0.39, 0.29) is 19.3 Å². The van der Waals surface area contributed by atoms with Crippen LogP contribution in [0.4, 0.5) is 0 Å². The Hall–Kier alpha value is -1.10. The van der Waals surface area contributed by atoms with E-state index >= 15 is 0 Å². The van der Waals surface area contributed by atoms with Crippen molar-refractivity contribution < 1.29 is 14.9 Å². The Bertz CT molecular complexity index is 379. The van der Waals surface area contributed by atoms with E-state index in [1.165, 1.54) is 0 Å². The monoisotopic (exact) mass is 251 g/mol. The van der Waals surface area contributed by atoms with Crippen LogP contribution in [-0.4, -0.2) is 28.5 Å². The van der Waals surface area contributed by atoms with Crippen LogP contribution in [0.1, 0.15) is 31.2 Å². The molecular formula is C14H21NO3. The molecule has 100 valence electrons. The van der Waals surface area contributed by atoms with Crippen molar-refractivity contribution in [3.05, 3.63) is 29.8 Å². The van der Waals surface area contributed by atoms with Crippen LogP contribution in [0.25, 0.3) is 0 Å². The molecule has 4 heteroatoms. The minimum Gasteiger partial charge on any atom is -0.490 e. The van der Waals surface area contributed by atoms with Crippen LogP contribution in [0.2, 0.25) is 0 Å². The lowest BCUT2D eigenvalue weighted by molar-refractivity contribution is 0.0728. The summed E-state index contributed by atoms with van der Waals surface area (Å²) < 4.78 is 5.88. The highest BCUT2D eigenvalue weighted by atomic mass is 16.5. The lowest BCUT2D eigenvalue weighted by Crippen LogP contribution is -2.50. The first-order valence-electron chi connectivity index (χ1n) is 6.41. The van der Waals surface area contributed by atoms with E-state index in [9.17, 15) is 5.11 Å². The summed E-state index contributed by atoms with van der Waals surface area (Å²) in [6.07, 6.45) is 3.56. The Kier molecular flexibility index (Phi) is 4.22. The molecule has 1 aromatic rings. The van der Waals surface area contributed by atoms with Crippen molar-refractivity contribution >= 4 is 0 Å². The molecule has 1 fully saturated rings. The summed E-state index contributed by atoms with van der Waals surface area (Å²) in [6, 6.07) is 7.41. The molecule has 2 atom stereocenters. The Morgan fingerprint density at radius 3 is 2.61 bits per heavy atom. The molecular weight excluding hydrogens is 230 g/mol. The molecule has 0 heterocycles. The van der Waals surface area contributed by atoms with E-state index in [0.717, 1.165) is 30.6 Å². The maximum absolute atomic E-state index is 9.29. The van der Waals surface area contributed by atoms with Crippen LogP contribution in [0.3, 0.4) is 0 Å². The van der Waals surface area contributed by atoms with Gasteiger partial charge < -0.3 is 20.7 Å². The van der Waals surface area contributed by atoms with Crippen molar-refractivity contribution in [3.8, 4) is 5.75 Å². The first-order chi connectivity index (χ1) is 8.65. The molecule has 1 aliphatic rings. The highest BCUT2D eigenvalue weighted by Crippen LogP contribution is 2.29. The van der Waals surface area contributed by atoms with Gasteiger partial charge in [0.25, 0.3) is 0 Å². The lowest BCUT2D eigenvalue weighted by atomic mass is 9.81.